The Balaban J connectivity index is 2.13. The fourth-order valence-corrected chi connectivity index (χ4v) is 1.48. The van der Waals surface area contributed by atoms with Crippen molar-refractivity contribution >= 4 is 0 Å². The third kappa shape index (κ3) is 0.896. The first-order valence-electron chi connectivity index (χ1n) is 3.50. The van der Waals surface area contributed by atoms with E-state index in [1.54, 1.807) is 0 Å². The molecule has 1 heterocycles. The molecule has 5 heteroatoms. The number of epoxide rings is 1. The lowest BCUT2D eigenvalue weighted by Gasteiger charge is -2.28. The summed E-state index contributed by atoms with van der Waals surface area (Å²) in [5, 5.41) is 36.4. The highest BCUT2D eigenvalue weighted by molar-refractivity contribution is 5.07. The number of aliphatic hydroxyl groups excluding tert-OH is 4. The maximum absolute atomic E-state index is 9.13. The molecule has 1 saturated heterocycles. The van der Waals surface area contributed by atoms with Gasteiger partial charge in [-0.25, -0.2) is 0 Å². The SMILES string of the molecule is OC1C(O)C(O)C2OC2C1O. The molecule has 2 rings (SSSR count). The summed E-state index contributed by atoms with van der Waals surface area (Å²) in [4.78, 5) is 0. The fraction of sp³-hybridized carbons (Fsp3) is 1.00. The molecule has 2 fully saturated rings. The van der Waals surface area contributed by atoms with E-state index in [1.165, 1.54) is 0 Å². The van der Waals surface area contributed by atoms with Crippen molar-refractivity contribution in [1.29, 1.82) is 0 Å². The van der Waals surface area contributed by atoms with Crippen LogP contribution in [0.5, 0.6) is 0 Å². The predicted octanol–water partition coefficient (Wildman–Crippen LogP) is -2.79. The predicted molar refractivity (Wildman–Crippen MR) is 32.7 cm³/mol. The summed E-state index contributed by atoms with van der Waals surface area (Å²) in [7, 11) is 0. The molecule has 0 aromatic heterocycles. The second-order valence-electron chi connectivity index (χ2n) is 3.03. The summed E-state index contributed by atoms with van der Waals surface area (Å²) in [5.41, 5.74) is 0. The Labute approximate surface area is 62.8 Å². The minimum atomic E-state index is -1.30. The molecule has 0 radical (unpaired) electrons. The van der Waals surface area contributed by atoms with E-state index >= 15 is 0 Å². The molecule has 1 aliphatic heterocycles. The number of ether oxygens (including phenoxy) is 1. The second-order valence-corrected chi connectivity index (χ2v) is 3.03. The Morgan fingerprint density at radius 2 is 1.00 bits per heavy atom. The molecule has 6 unspecified atom stereocenters. The van der Waals surface area contributed by atoms with E-state index < -0.39 is 36.6 Å². The highest BCUT2D eigenvalue weighted by Gasteiger charge is 2.59. The van der Waals surface area contributed by atoms with Crippen LogP contribution in [0.1, 0.15) is 0 Å². The fourth-order valence-electron chi connectivity index (χ4n) is 1.48. The van der Waals surface area contributed by atoms with E-state index in [0.717, 1.165) is 0 Å². The molecule has 1 saturated carbocycles. The van der Waals surface area contributed by atoms with Crippen LogP contribution in [0, 0.1) is 0 Å². The monoisotopic (exact) mass is 162 g/mol. The Morgan fingerprint density at radius 1 is 0.636 bits per heavy atom. The molecule has 5 nitrogen and oxygen atoms in total. The van der Waals surface area contributed by atoms with E-state index in [4.69, 9.17) is 25.2 Å². The van der Waals surface area contributed by atoms with Crippen LogP contribution in [0.15, 0.2) is 0 Å². The zero-order chi connectivity index (χ0) is 8.17. The maximum Gasteiger partial charge on any atom is 0.115 e. The minimum Gasteiger partial charge on any atom is -0.387 e. The third-order valence-corrected chi connectivity index (χ3v) is 2.28. The highest BCUT2D eigenvalue weighted by Crippen LogP contribution is 2.37. The van der Waals surface area contributed by atoms with Crippen LogP contribution in [0.2, 0.25) is 0 Å². The summed E-state index contributed by atoms with van der Waals surface area (Å²) in [5.74, 6) is 0. The smallest absolute Gasteiger partial charge is 0.115 e. The first kappa shape index (κ1) is 7.45. The first-order chi connectivity index (χ1) is 5.13. The number of hydrogen-bond donors (Lipinski definition) is 4. The van der Waals surface area contributed by atoms with E-state index in [2.05, 4.69) is 0 Å². The van der Waals surface area contributed by atoms with Crippen LogP contribution in [-0.2, 0) is 4.74 Å². The summed E-state index contributed by atoms with van der Waals surface area (Å²) < 4.78 is 4.82. The summed E-state index contributed by atoms with van der Waals surface area (Å²) in [6, 6.07) is 0. The highest BCUT2D eigenvalue weighted by atomic mass is 16.6. The zero-order valence-corrected chi connectivity index (χ0v) is 5.66. The Kier molecular flexibility index (Phi) is 1.45. The van der Waals surface area contributed by atoms with Gasteiger partial charge in [-0.1, -0.05) is 0 Å². The molecule has 0 aromatic carbocycles. The van der Waals surface area contributed by atoms with Crippen LogP contribution < -0.4 is 0 Å². The van der Waals surface area contributed by atoms with E-state index in [9.17, 15) is 0 Å². The zero-order valence-electron chi connectivity index (χ0n) is 5.66. The van der Waals surface area contributed by atoms with Crippen LogP contribution in [0.3, 0.4) is 0 Å². The van der Waals surface area contributed by atoms with Crippen molar-refractivity contribution < 1.29 is 25.2 Å². The van der Waals surface area contributed by atoms with Crippen molar-refractivity contribution in [3.8, 4) is 0 Å². The van der Waals surface area contributed by atoms with Crippen molar-refractivity contribution in [2.45, 2.75) is 36.6 Å². The van der Waals surface area contributed by atoms with Crippen molar-refractivity contribution in [1.82, 2.24) is 0 Å². The van der Waals surface area contributed by atoms with Gasteiger partial charge in [0.25, 0.3) is 0 Å². The van der Waals surface area contributed by atoms with Crippen LogP contribution >= 0.6 is 0 Å². The van der Waals surface area contributed by atoms with Gasteiger partial charge in [-0.2, -0.15) is 0 Å². The van der Waals surface area contributed by atoms with Crippen molar-refractivity contribution in [3.05, 3.63) is 0 Å². The van der Waals surface area contributed by atoms with Gasteiger partial charge in [0.1, 0.15) is 36.6 Å². The van der Waals surface area contributed by atoms with Gasteiger partial charge in [-0.3, -0.25) is 0 Å². The standard InChI is InChI=1S/C6H10O5/c7-1-2(8)4(10)6-5(11-6)3(1)9/h1-10H. The molecular weight excluding hydrogens is 152 g/mol. The molecule has 1 aliphatic carbocycles. The van der Waals surface area contributed by atoms with Gasteiger partial charge in [0.2, 0.25) is 0 Å². The van der Waals surface area contributed by atoms with Gasteiger partial charge >= 0.3 is 0 Å². The molecule has 0 amide bonds. The number of fused-ring (bicyclic) bond motifs is 1. The molecule has 0 spiro atoms. The van der Waals surface area contributed by atoms with E-state index in [1.807, 2.05) is 0 Å². The summed E-state index contributed by atoms with van der Waals surface area (Å²) in [6.45, 7) is 0. The first-order valence-corrected chi connectivity index (χ1v) is 3.50. The molecule has 64 valence electrons. The van der Waals surface area contributed by atoms with Gasteiger partial charge in [-0.15, -0.1) is 0 Å². The molecule has 4 N–H and O–H groups in total. The Hall–Kier alpha value is -0.200. The molecular formula is C6H10O5. The van der Waals surface area contributed by atoms with Gasteiger partial charge in [0.05, 0.1) is 0 Å². The quantitative estimate of drug-likeness (QED) is 0.289. The summed E-state index contributed by atoms with van der Waals surface area (Å²) in [6.07, 6.45) is -5.73. The molecule has 2 aliphatic rings. The van der Waals surface area contributed by atoms with Crippen LogP contribution in [0.4, 0.5) is 0 Å². The van der Waals surface area contributed by atoms with Crippen molar-refractivity contribution in [3.63, 3.8) is 0 Å². The molecule has 0 aromatic rings. The molecule has 0 bridgehead atoms. The van der Waals surface area contributed by atoms with Crippen LogP contribution in [0.25, 0.3) is 0 Å². The number of hydrogen-bond acceptors (Lipinski definition) is 5. The lowest BCUT2D eigenvalue weighted by Crippen LogP contribution is -2.53. The normalized spacial score (nSPS) is 62.2. The van der Waals surface area contributed by atoms with Crippen molar-refractivity contribution in [2.75, 3.05) is 0 Å². The molecule has 11 heavy (non-hydrogen) atoms. The lowest BCUT2D eigenvalue weighted by atomic mass is 9.90. The number of aliphatic hydroxyl groups is 4. The topological polar surface area (TPSA) is 93.5 Å². The average molecular weight is 162 g/mol. The number of rotatable bonds is 0. The lowest BCUT2D eigenvalue weighted by molar-refractivity contribution is -0.121. The Morgan fingerprint density at radius 3 is 1.36 bits per heavy atom. The average Bonchev–Trinajstić information content (AvgIpc) is 2.76. The maximum atomic E-state index is 9.13. The van der Waals surface area contributed by atoms with E-state index in [-0.39, 0.29) is 0 Å². The molecule has 6 atom stereocenters. The van der Waals surface area contributed by atoms with Gasteiger partial charge < -0.3 is 25.2 Å². The third-order valence-electron chi connectivity index (χ3n) is 2.28. The Bertz CT molecular complexity index is 154. The minimum absolute atomic E-state index is 0.497. The van der Waals surface area contributed by atoms with E-state index in [0.29, 0.717) is 0 Å². The van der Waals surface area contributed by atoms with Gasteiger partial charge in [0, 0.05) is 0 Å². The summed E-state index contributed by atoms with van der Waals surface area (Å²) >= 11 is 0. The van der Waals surface area contributed by atoms with Gasteiger partial charge in [-0.05, 0) is 0 Å². The van der Waals surface area contributed by atoms with Crippen LogP contribution in [-0.4, -0.2) is 57.0 Å². The second kappa shape index (κ2) is 2.15. The van der Waals surface area contributed by atoms with Gasteiger partial charge in [0.15, 0.2) is 0 Å². The largest absolute Gasteiger partial charge is 0.387 e. The van der Waals surface area contributed by atoms with Crippen molar-refractivity contribution in [2.24, 2.45) is 0 Å².